The molecule has 1 aromatic rings. The Labute approximate surface area is 163 Å². The standard InChI is InChI=1S/C19H25N5O2S/c1-21-18(24-22-2)19(27-4)23-14-6-9-15(10-7-14)26-16-8-5-13(12-20)17(11-16)25-3/h5,8,11,14-15,23H,4,6-7,9-10H2,1-3H3. The topological polar surface area (TPSA) is 91.4 Å². The Hall–Kier alpha value is -2.50. The summed E-state index contributed by atoms with van der Waals surface area (Å²) in [5.41, 5.74) is 0.504. The van der Waals surface area contributed by atoms with Gasteiger partial charge in [-0.3, -0.25) is 10.3 Å². The van der Waals surface area contributed by atoms with E-state index < -0.39 is 0 Å². The molecule has 27 heavy (non-hydrogen) atoms. The molecule has 7 nitrogen and oxygen atoms in total. The average molecular weight is 388 g/mol. The predicted molar refractivity (Wildman–Crippen MR) is 111 cm³/mol. The maximum atomic E-state index is 9.07. The number of hydrogen-bond acceptors (Lipinski definition) is 5. The monoisotopic (exact) mass is 387 g/mol. The van der Waals surface area contributed by atoms with Crippen molar-refractivity contribution in [3.05, 3.63) is 23.8 Å². The van der Waals surface area contributed by atoms with Crippen molar-refractivity contribution in [1.29, 1.82) is 5.26 Å². The van der Waals surface area contributed by atoms with E-state index in [0.29, 0.717) is 23.2 Å². The number of aliphatic imine (C=N–C) groups is 1. The van der Waals surface area contributed by atoms with Crippen molar-refractivity contribution in [2.24, 2.45) is 15.2 Å². The second-order valence-corrected chi connectivity index (χ2v) is 6.73. The Bertz CT molecular complexity index is 801. The van der Waals surface area contributed by atoms with E-state index in [1.165, 1.54) is 10.9 Å². The summed E-state index contributed by atoms with van der Waals surface area (Å²) in [7, 11) is 6.21. The van der Waals surface area contributed by atoms with Gasteiger partial charge in [0, 0.05) is 26.2 Å². The van der Waals surface area contributed by atoms with E-state index >= 15 is 0 Å². The maximum absolute atomic E-state index is 9.07. The quantitative estimate of drug-likeness (QED) is 0.371. The number of rotatable bonds is 4. The molecule has 0 aliphatic heterocycles. The Morgan fingerprint density at radius 2 is 2.04 bits per heavy atom. The number of nitrogens with one attached hydrogen (secondary N) is 1. The van der Waals surface area contributed by atoms with Crippen molar-refractivity contribution >= 4 is 27.6 Å². The van der Waals surface area contributed by atoms with Crippen molar-refractivity contribution in [2.45, 2.75) is 37.8 Å². The number of azo groups is 1. The summed E-state index contributed by atoms with van der Waals surface area (Å²) in [4.78, 5) is 4.99. The van der Waals surface area contributed by atoms with Gasteiger partial charge in [0.1, 0.15) is 22.6 Å². The lowest BCUT2D eigenvalue weighted by atomic mass is 9.93. The summed E-state index contributed by atoms with van der Waals surface area (Å²) in [6.45, 7) is 0. The average Bonchev–Trinajstić information content (AvgIpc) is 2.71. The first-order valence-electron chi connectivity index (χ1n) is 8.72. The third kappa shape index (κ3) is 5.74. The summed E-state index contributed by atoms with van der Waals surface area (Å²) in [6, 6.07) is 7.75. The Morgan fingerprint density at radius 3 is 2.59 bits per heavy atom. The van der Waals surface area contributed by atoms with Crippen LogP contribution >= 0.6 is 10.9 Å². The molecule has 0 aromatic heterocycles. The molecule has 0 radical (unpaired) electrons. The second-order valence-electron chi connectivity index (χ2n) is 6.03. The highest BCUT2D eigenvalue weighted by Gasteiger charge is 2.24. The summed E-state index contributed by atoms with van der Waals surface area (Å²) in [5, 5.41) is 20.4. The fourth-order valence-electron chi connectivity index (χ4n) is 3.00. The molecule has 144 valence electrons. The number of hydrogen-bond donors (Lipinski definition) is 1. The Balaban J connectivity index is 1.92. The van der Waals surface area contributed by atoms with Crippen molar-refractivity contribution in [3.8, 4) is 17.6 Å². The van der Waals surface area contributed by atoms with Crippen LogP contribution in [-0.2, 0) is 0 Å². The van der Waals surface area contributed by atoms with Crippen LogP contribution in [0.25, 0.3) is 0 Å². The minimum Gasteiger partial charge on any atom is -0.495 e. The fraction of sp³-hybridized carbons (Fsp3) is 0.474. The molecular formula is C19H25N5O2S. The SMILES string of the molecule is C=S=C(NC1CCC(Oc2ccc(C#N)c(OC)c2)CC1)C(N=NC)=NC. The molecule has 1 aromatic carbocycles. The van der Waals surface area contributed by atoms with Gasteiger partial charge in [-0.05, 0) is 43.7 Å². The lowest BCUT2D eigenvalue weighted by Gasteiger charge is -2.29. The highest BCUT2D eigenvalue weighted by Crippen LogP contribution is 2.28. The van der Waals surface area contributed by atoms with Crippen LogP contribution in [0.3, 0.4) is 0 Å². The minimum absolute atomic E-state index is 0.145. The smallest absolute Gasteiger partial charge is 0.197 e. The molecule has 0 saturated heterocycles. The van der Waals surface area contributed by atoms with Gasteiger partial charge in [-0.25, -0.2) is 0 Å². The van der Waals surface area contributed by atoms with Gasteiger partial charge in [-0.2, -0.15) is 10.4 Å². The molecule has 1 aliphatic rings. The predicted octanol–water partition coefficient (Wildman–Crippen LogP) is 3.25. The maximum Gasteiger partial charge on any atom is 0.197 e. The van der Waals surface area contributed by atoms with Crippen molar-refractivity contribution in [2.75, 3.05) is 21.2 Å². The fourth-order valence-corrected chi connectivity index (χ4v) is 3.51. The molecule has 0 atom stereocenters. The van der Waals surface area contributed by atoms with Gasteiger partial charge in [-0.15, -0.1) is 16.1 Å². The molecule has 1 N–H and O–H groups in total. The first-order valence-corrected chi connectivity index (χ1v) is 9.71. The minimum atomic E-state index is 0.145. The van der Waals surface area contributed by atoms with Gasteiger partial charge < -0.3 is 9.47 Å². The second kappa shape index (κ2) is 10.6. The third-order valence-electron chi connectivity index (χ3n) is 4.36. The van der Waals surface area contributed by atoms with Crippen LogP contribution < -0.4 is 14.8 Å². The number of benzene rings is 1. The van der Waals surface area contributed by atoms with Crippen molar-refractivity contribution < 1.29 is 9.47 Å². The highest BCUT2D eigenvalue weighted by atomic mass is 32.1. The van der Waals surface area contributed by atoms with Gasteiger partial charge in [0.2, 0.25) is 0 Å². The van der Waals surface area contributed by atoms with Crippen molar-refractivity contribution in [1.82, 2.24) is 5.32 Å². The molecule has 8 heteroatoms. The van der Waals surface area contributed by atoms with Gasteiger partial charge in [-0.1, -0.05) is 0 Å². The van der Waals surface area contributed by atoms with E-state index in [1.54, 1.807) is 33.3 Å². The van der Waals surface area contributed by atoms with E-state index in [1.807, 2.05) is 6.07 Å². The van der Waals surface area contributed by atoms with Crippen LogP contribution in [0.15, 0.2) is 33.4 Å². The molecule has 2 rings (SSSR count). The molecule has 0 bridgehead atoms. The number of ether oxygens (including phenoxy) is 2. The molecule has 1 aliphatic carbocycles. The van der Waals surface area contributed by atoms with E-state index in [4.69, 9.17) is 14.7 Å². The zero-order valence-electron chi connectivity index (χ0n) is 15.9. The summed E-state index contributed by atoms with van der Waals surface area (Å²) in [6.07, 6.45) is 3.96. The number of methoxy groups -OCH3 is 1. The van der Waals surface area contributed by atoms with Gasteiger partial charge >= 0.3 is 0 Å². The van der Waals surface area contributed by atoms with E-state index in [0.717, 1.165) is 36.4 Å². The number of nitrogens with zero attached hydrogens (tertiary/aromatic N) is 4. The zero-order valence-corrected chi connectivity index (χ0v) is 16.8. The first-order chi connectivity index (χ1) is 13.1. The largest absolute Gasteiger partial charge is 0.495 e. The Morgan fingerprint density at radius 1 is 1.30 bits per heavy atom. The van der Waals surface area contributed by atoms with Crippen molar-refractivity contribution in [3.63, 3.8) is 0 Å². The first kappa shape index (κ1) is 20.8. The van der Waals surface area contributed by atoms with Crippen LogP contribution in [-0.4, -0.2) is 50.0 Å². The molecule has 0 spiro atoms. The van der Waals surface area contributed by atoms with Crippen LogP contribution in [0.5, 0.6) is 11.5 Å². The molecule has 0 amide bonds. The summed E-state index contributed by atoms with van der Waals surface area (Å²) < 4.78 is 11.3. The lowest BCUT2D eigenvalue weighted by Crippen LogP contribution is -2.41. The molecule has 1 saturated carbocycles. The highest BCUT2D eigenvalue weighted by molar-refractivity contribution is 7.97. The van der Waals surface area contributed by atoms with E-state index in [2.05, 4.69) is 32.5 Å². The van der Waals surface area contributed by atoms with Crippen LogP contribution in [0.4, 0.5) is 0 Å². The van der Waals surface area contributed by atoms with Gasteiger partial charge in [0.25, 0.3) is 0 Å². The lowest BCUT2D eigenvalue weighted by molar-refractivity contribution is 0.143. The zero-order chi connectivity index (χ0) is 19.6. The van der Waals surface area contributed by atoms with Crippen LogP contribution in [0.2, 0.25) is 0 Å². The van der Waals surface area contributed by atoms with Gasteiger partial charge in [0.15, 0.2) is 5.84 Å². The van der Waals surface area contributed by atoms with Crippen LogP contribution in [0.1, 0.15) is 31.2 Å². The summed E-state index contributed by atoms with van der Waals surface area (Å²) in [5.74, 6) is 5.71. The van der Waals surface area contributed by atoms with Gasteiger partial charge in [0.05, 0.1) is 18.8 Å². The molecule has 0 unspecified atom stereocenters. The van der Waals surface area contributed by atoms with E-state index in [9.17, 15) is 0 Å². The molecule has 1 fully saturated rings. The van der Waals surface area contributed by atoms with E-state index in [-0.39, 0.29) is 6.10 Å². The normalized spacial score (nSPS) is 20.1. The number of nitriles is 1. The summed E-state index contributed by atoms with van der Waals surface area (Å²) >= 11 is 0. The molecule has 0 heterocycles. The number of amidine groups is 1. The van der Waals surface area contributed by atoms with Crippen LogP contribution in [0, 0.1) is 11.3 Å². The Kier molecular flexibility index (Phi) is 8.17. The third-order valence-corrected chi connectivity index (χ3v) is 4.95. The molecular weight excluding hydrogens is 362 g/mol.